The molecule has 1 aromatic rings. The van der Waals surface area contributed by atoms with Crippen molar-refractivity contribution in [1.29, 1.82) is 0 Å². The molecule has 0 N–H and O–H groups in total. The van der Waals surface area contributed by atoms with Crippen LogP contribution in [0.5, 0.6) is 0 Å². The first-order chi connectivity index (χ1) is 10.4. The summed E-state index contributed by atoms with van der Waals surface area (Å²) >= 11 is 0. The molecule has 3 rings (SSSR count). The Labute approximate surface area is 132 Å². The normalized spacial score (nSPS) is 27.5. The molecule has 0 aliphatic heterocycles. The predicted molar refractivity (Wildman–Crippen MR) is 82.9 cm³/mol. The van der Waals surface area contributed by atoms with Crippen molar-refractivity contribution in [3.05, 3.63) is 12.5 Å². The maximum Gasteiger partial charge on any atom is 0.262 e. The summed E-state index contributed by atoms with van der Waals surface area (Å²) in [6.45, 7) is 2.69. The van der Waals surface area contributed by atoms with E-state index in [-0.39, 0.29) is 22.6 Å². The Bertz CT molecular complexity index is 634. The zero-order chi connectivity index (χ0) is 16.0. The number of ether oxygens (including phenoxy) is 1. The van der Waals surface area contributed by atoms with E-state index in [1.165, 1.54) is 10.6 Å². The van der Waals surface area contributed by atoms with E-state index >= 15 is 0 Å². The van der Waals surface area contributed by atoms with Crippen LogP contribution >= 0.6 is 0 Å². The molecule has 0 saturated heterocycles. The van der Waals surface area contributed by atoms with Gasteiger partial charge in [-0.3, -0.25) is 0 Å². The first-order valence-corrected chi connectivity index (χ1v) is 9.43. The average molecular weight is 327 g/mol. The smallest absolute Gasteiger partial charge is 0.262 e. The highest BCUT2D eigenvalue weighted by molar-refractivity contribution is 7.89. The van der Waals surface area contributed by atoms with E-state index in [4.69, 9.17) is 4.74 Å². The Kier molecular flexibility index (Phi) is 4.07. The molecule has 0 amide bonds. The summed E-state index contributed by atoms with van der Waals surface area (Å²) in [4.78, 5) is 4.02. The van der Waals surface area contributed by atoms with Crippen molar-refractivity contribution in [2.75, 3.05) is 13.7 Å². The van der Waals surface area contributed by atoms with Gasteiger partial charge in [0, 0.05) is 38.4 Å². The van der Waals surface area contributed by atoms with Crippen LogP contribution in [-0.2, 0) is 21.8 Å². The molecule has 0 bridgehead atoms. The summed E-state index contributed by atoms with van der Waals surface area (Å²) in [5, 5.41) is 0.130. The number of nitrogens with zero attached hydrogens (tertiary/aromatic N) is 3. The SMILES string of the molecule is CCOC1CC(N(C)S(=O)(=O)c2cn(C)cn2)C12CCCC2. The second-order valence-electron chi connectivity index (χ2n) is 6.53. The van der Waals surface area contributed by atoms with E-state index in [2.05, 4.69) is 4.98 Å². The van der Waals surface area contributed by atoms with Crippen LogP contribution in [0.3, 0.4) is 0 Å². The Balaban J connectivity index is 1.84. The van der Waals surface area contributed by atoms with E-state index in [9.17, 15) is 8.42 Å². The molecule has 2 fully saturated rings. The molecule has 2 atom stereocenters. The predicted octanol–water partition coefficient (Wildman–Crippen LogP) is 1.78. The van der Waals surface area contributed by atoms with E-state index in [1.807, 2.05) is 6.92 Å². The van der Waals surface area contributed by atoms with Crippen LogP contribution in [0.1, 0.15) is 39.0 Å². The van der Waals surface area contributed by atoms with Crippen molar-refractivity contribution < 1.29 is 13.2 Å². The van der Waals surface area contributed by atoms with Gasteiger partial charge in [0.25, 0.3) is 10.0 Å². The third-order valence-electron chi connectivity index (χ3n) is 5.41. The van der Waals surface area contributed by atoms with Gasteiger partial charge < -0.3 is 9.30 Å². The first kappa shape index (κ1) is 16.0. The van der Waals surface area contributed by atoms with Gasteiger partial charge in [0.2, 0.25) is 0 Å². The molecule has 124 valence electrons. The number of aromatic nitrogens is 2. The van der Waals surface area contributed by atoms with Gasteiger partial charge in [-0.25, -0.2) is 13.4 Å². The minimum atomic E-state index is -3.53. The molecule has 2 aliphatic rings. The molecule has 1 heterocycles. The Hall–Kier alpha value is -0.920. The van der Waals surface area contributed by atoms with Crippen LogP contribution < -0.4 is 0 Å². The molecular formula is C15H25N3O3S. The quantitative estimate of drug-likeness (QED) is 0.827. The molecule has 22 heavy (non-hydrogen) atoms. The maximum atomic E-state index is 12.8. The molecule has 7 heteroatoms. The molecular weight excluding hydrogens is 302 g/mol. The number of rotatable bonds is 5. The molecule has 2 saturated carbocycles. The van der Waals surface area contributed by atoms with Crippen molar-refractivity contribution in [2.45, 2.75) is 56.2 Å². The second kappa shape index (κ2) is 5.62. The maximum absolute atomic E-state index is 12.8. The number of aryl methyl sites for hydroxylation is 1. The highest BCUT2D eigenvalue weighted by Crippen LogP contribution is 2.57. The summed E-state index contributed by atoms with van der Waals surface area (Å²) in [6, 6.07) is 0.0264. The van der Waals surface area contributed by atoms with Crippen molar-refractivity contribution in [2.24, 2.45) is 12.5 Å². The fourth-order valence-electron chi connectivity index (χ4n) is 4.20. The fourth-order valence-corrected chi connectivity index (χ4v) is 5.60. The molecule has 1 aromatic heterocycles. The van der Waals surface area contributed by atoms with E-state index < -0.39 is 10.0 Å². The monoisotopic (exact) mass is 327 g/mol. The molecule has 0 aromatic carbocycles. The van der Waals surface area contributed by atoms with Crippen molar-refractivity contribution in [3.63, 3.8) is 0 Å². The summed E-state index contributed by atoms with van der Waals surface area (Å²) in [6.07, 6.45) is 8.52. The van der Waals surface area contributed by atoms with Gasteiger partial charge in [0.15, 0.2) is 5.03 Å². The summed E-state index contributed by atoms with van der Waals surface area (Å²) < 4.78 is 34.7. The standard InChI is InChI=1S/C15H25N3O3S/c1-4-21-13-9-12(15(13)7-5-6-8-15)18(3)22(19,20)14-10-17(2)11-16-14/h10-13H,4-9H2,1-3H3. The van der Waals surface area contributed by atoms with Gasteiger partial charge in [-0.1, -0.05) is 12.8 Å². The minimum absolute atomic E-state index is 0.00656. The third-order valence-corrected chi connectivity index (χ3v) is 7.16. The Morgan fingerprint density at radius 3 is 2.68 bits per heavy atom. The lowest BCUT2D eigenvalue weighted by atomic mass is 9.60. The fraction of sp³-hybridized carbons (Fsp3) is 0.800. The summed E-state index contributed by atoms with van der Waals surface area (Å²) in [5.41, 5.74) is 0.00656. The van der Waals surface area contributed by atoms with Crippen molar-refractivity contribution in [3.8, 4) is 0 Å². The third kappa shape index (κ3) is 2.30. The molecule has 2 aliphatic carbocycles. The van der Waals surface area contributed by atoms with Crippen LogP contribution in [0.2, 0.25) is 0 Å². The van der Waals surface area contributed by atoms with Gasteiger partial charge in [-0.2, -0.15) is 4.31 Å². The number of sulfonamides is 1. The van der Waals surface area contributed by atoms with Crippen LogP contribution in [0.25, 0.3) is 0 Å². The van der Waals surface area contributed by atoms with E-state index in [1.54, 1.807) is 24.9 Å². The Morgan fingerprint density at radius 2 is 2.14 bits per heavy atom. The van der Waals surface area contributed by atoms with Crippen molar-refractivity contribution in [1.82, 2.24) is 13.9 Å². The van der Waals surface area contributed by atoms with Gasteiger partial charge in [-0.15, -0.1) is 0 Å². The number of hydrogen-bond donors (Lipinski definition) is 0. The molecule has 2 unspecified atom stereocenters. The topological polar surface area (TPSA) is 64.4 Å². The summed E-state index contributed by atoms with van der Waals surface area (Å²) in [7, 11) is -0.0661. The van der Waals surface area contributed by atoms with Gasteiger partial charge in [0.1, 0.15) is 0 Å². The zero-order valence-electron chi connectivity index (χ0n) is 13.5. The molecule has 6 nitrogen and oxygen atoms in total. The first-order valence-electron chi connectivity index (χ1n) is 7.99. The van der Waals surface area contributed by atoms with Crippen LogP contribution in [0.4, 0.5) is 0 Å². The average Bonchev–Trinajstić information content (AvgIpc) is 3.12. The second-order valence-corrected chi connectivity index (χ2v) is 8.48. The largest absolute Gasteiger partial charge is 0.378 e. The lowest BCUT2D eigenvalue weighted by Gasteiger charge is -2.56. The number of hydrogen-bond acceptors (Lipinski definition) is 4. The van der Waals surface area contributed by atoms with Crippen LogP contribution in [-0.4, -0.2) is 48.1 Å². The van der Waals surface area contributed by atoms with Gasteiger partial charge >= 0.3 is 0 Å². The minimum Gasteiger partial charge on any atom is -0.378 e. The van der Waals surface area contributed by atoms with E-state index in [0.29, 0.717) is 6.61 Å². The van der Waals surface area contributed by atoms with Gasteiger partial charge in [0.05, 0.1) is 12.4 Å². The van der Waals surface area contributed by atoms with Gasteiger partial charge in [-0.05, 0) is 26.2 Å². The molecule has 0 radical (unpaired) electrons. The summed E-state index contributed by atoms with van der Waals surface area (Å²) in [5.74, 6) is 0. The number of imidazole rings is 1. The molecule has 1 spiro atoms. The highest BCUT2D eigenvalue weighted by Gasteiger charge is 2.59. The lowest BCUT2D eigenvalue weighted by Crippen LogP contribution is -2.63. The van der Waals surface area contributed by atoms with E-state index in [0.717, 1.165) is 32.1 Å². The highest BCUT2D eigenvalue weighted by atomic mass is 32.2. The Morgan fingerprint density at radius 1 is 1.45 bits per heavy atom. The van der Waals surface area contributed by atoms with Crippen molar-refractivity contribution >= 4 is 10.0 Å². The lowest BCUT2D eigenvalue weighted by molar-refractivity contribution is -0.145. The van der Waals surface area contributed by atoms with Crippen LogP contribution in [0.15, 0.2) is 17.6 Å². The zero-order valence-corrected chi connectivity index (χ0v) is 14.3. The van der Waals surface area contributed by atoms with Crippen LogP contribution in [0, 0.1) is 5.41 Å².